The lowest BCUT2D eigenvalue weighted by molar-refractivity contribution is -0.384. The second-order valence-electron chi connectivity index (χ2n) is 12.7. The van der Waals surface area contributed by atoms with Crippen molar-refractivity contribution >= 4 is 63.9 Å². The van der Waals surface area contributed by atoms with Crippen molar-refractivity contribution in [2.24, 2.45) is 0 Å². The first-order valence-corrected chi connectivity index (χ1v) is 17.1. The van der Waals surface area contributed by atoms with Crippen LogP contribution in [0.5, 0.6) is 5.75 Å². The number of imide groups is 1. The predicted molar refractivity (Wildman–Crippen MR) is 208 cm³/mol. The summed E-state index contributed by atoms with van der Waals surface area (Å²) in [5, 5.41) is 21.6. The van der Waals surface area contributed by atoms with Gasteiger partial charge in [-0.1, -0.05) is 78.4 Å². The van der Waals surface area contributed by atoms with Crippen LogP contribution in [0.3, 0.4) is 0 Å². The van der Waals surface area contributed by atoms with Crippen molar-refractivity contribution in [3.63, 3.8) is 0 Å². The molecule has 5 aromatic rings. The smallest absolute Gasteiger partial charge is 0.426 e. The van der Waals surface area contributed by atoms with Gasteiger partial charge in [-0.15, -0.1) is 0 Å². The zero-order valence-corrected chi connectivity index (χ0v) is 30.3. The first-order valence-electron chi connectivity index (χ1n) is 17.1. The van der Waals surface area contributed by atoms with Gasteiger partial charge in [0.2, 0.25) is 0 Å². The molecule has 12 heteroatoms. The number of benzene rings is 5. The van der Waals surface area contributed by atoms with E-state index in [-0.39, 0.29) is 34.2 Å². The molecule has 12 nitrogen and oxygen atoms in total. The number of fused-ring (bicyclic) bond motifs is 2. The second kappa shape index (κ2) is 15.7. The number of hydrogen-bond donors (Lipinski definition) is 1. The van der Waals surface area contributed by atoms with Crippen LogP contribution in [0.15, 0.2) is 121 Å². The van der Waals surface area contributed by atoms with Crippen LogP contribution in [0.4, 0.5) is 21.9 Å². The van der Waals surface area contributed by atoms with Crippen LogP contribution in [-0.2, 0) is 19.1 Å². The Labute approximate surface area is 316 Å². The number of aryl methyl sites for hydroxylation is 2. The molecule has 0 aromatic heterocycles. The van der Waals surface area contributed by atoms with E-state index in [2.05, 4.69) is 12.1 Å². The highest BCUT2D eigenvalue weighted by atomic mass is 16.6. The van der Waals surface area contributed by atoms with E-state index in [9.17, 15) is 34.4 Å². The average molecular weight is 738 g/mol. The number of ether oxygens (including phenoxy) is 2. The monoisotopic (exact) mass is 737 g/mol. The number of carbonyl (C=O) groups is 4. The van der Waals surface area contributed by atoms with Crippen molar-refractivity contribution in [1.82, 2.24) is 0 Å². The summed E-state index contributed by atoms with van der Waals surface area (Å²) in [6.07, 6.45) is 0.352. The Morgan fingerprint density at radius 1 is 0.800 bits per heavy atom. The Bertz CT molecular complexity index is 2400. The highest BCUT2D eigenvalue weighted by Crippen LogP contribution is 2.41. The van der Waals surface area contributed by atoms with Gasteiger partial charge in [-0.3, -0.25) is 29.4 Å². The third kappa shape index (κ3) is 7.74. The first-order chi connectivity index (χ1) is 26.3. The fourth-order valence-electron chi connectivity index (χ4n) is 6.28. The quantitative estimate of drug-likeness (QED) is 0.0592. The molecule has 0 saturated carbocycles. The molecular formula is C43H35N3O9. The summed E-state index contributed by atoms with van der Waals surface area (Å²) in [7, 11) is 0. The van der Waals surface area contributed by atoms with E-state index in [0.717, 1.165) is 32.8 Å². The third-order valence-corrected chi connectivity index (χ3v) is 8.89. The fraction of sp³-hybridized carbons (Fsp3) is 0.116. The van der Waals surface area contributed by atoms with Gasteiger partial charge in [0.1, 0.15) is 11.5 Å². The molecule has 0 radical (unpaired) electrons. The van der Waals surface area contributed by atoms with Gasteiger partial charge in [0.05, 0.1) is 21.9 Å². The maximum Gasteiger partial charge on any atom is 0.426 e. The maximum atomic E-state index is 13.1. The molecule has 5 aromatic carbocycles. The van der Waals surface area contributed by atoms with Crippen molar-refractivity contribution in [3.05, 3.63) is 165 Å². The van der Waals surface area contributed by atoms with Gasteiger partial charge < -0.3 is 14.6 Å². The summed E-state index contributed by atoms with van der Waals surface area (Å²) in [5.74, 6) is -1.45. The Morgan fingerprint density at radius 3 is 2.07 bits per heavy atom. The van der Waals surface area contributed by atoms with E-state index in [4.69, 9.17) is 9.47 Å². The van der Waals surface area contributed by atoms with Crippen molar-refractivity contribution in [3.8, 4) is 5.75 Å². The summed E-state index contributed by atoms with van der Waals surface area (Å²) in [6, 6.07) is 33.6. The number of hydrogen-bond acceptors (Lipinski definition) is 9. The number of para-hydroxylation sites is 3. The molecule has 3 amide bonds. The number of anilines is 2. The minimum Gasteiger partial charge on any atom is -0.506 e. The molecule has 1 atom stereocenters. The Hall–Kier alpha value is -7.34. The minimum atomic E-state index is -0.912. The van der Waals surface area contributed by atoms with E-state index in [1.165, 1.54) is 36.1 Å². The van der Waals surface area contributed by atoms with Crippen LogP contribution in [0.1, 0.15) is 47.2 Å². The predicted octanol–water partition coefficient (Wildman–Crippen LogP) is 8.67. The summed E-state index contributed by atoms with van der Waals surface area (Å²) in [6.45, 7) is 7.10. The molecule has 7 rings (SSSR count). The second-order valence-corrected chi connectivity index (χ2v) is 12.7. The van der Waals surface area contributed by atoms with E-state index < -0.39 is 34.9 Å². The number of nitrogens with zero attached hydrogens (tertiary/aromatic N) is 3. The zero-order chi connectivity index (χ0) is 39.4. The highest BCUT2D eigenvalue weighted by molar-refractivity contribution is 6.42. The number of aliphatic hydroxyl groups is 1. The maximum absolute atomic E-state index is 13.1. The van der Waals surface area contributed by atoms with E-state index in [1.807, 2.05) is 50.3 Å². The van der Waals surface area contributed by atoms with E-state index >= 15 is 0 Å². The molecule has 0 saturated heterocycles. The topological polar surface area (TPSA) is 157 Å². The van der Waals surface area contributed by atoms with Crippen molar-refractivity contribution in [1.29, 1.82) is 0 Å². The summed E-state index contributed by atoms with van der Waals surface area (Å²) < 4.78 is 10.5. The van der Waals surface area contributed by atoms with Gasteiger partial charge in [-0.05, 0) is 74.4 Å². The van der Waals surface area contributed by atoms with E-state index in [0.29, 0.717) is 11.1 Å². The molecule has 0 bridgehead atoms. The van der Waals surface area contributed by atoms with Gasteiger partial charge in [0.25, 0.3) is 17.5 Å². The fourth-order valence-corrected chi connectivity index (χ4v) is 6.28. The Balaban J connectivity index is 0.000000190. The molecule has 2 aliphatic rings. The normalized spacial score (nSPS) is 15.1. The molecule has 2 heterocycles. The molecule has 55 heavy (non-hydrogen) atoms. The van der Waals surface area contributed by atoms with Crippen molar-refractivity contribution in [2.75, 3.05) is 9.80 Å². The Morgan fingerprint density at radius 2 is 1.42 bits per heavy atom. The van der Waals surface area contributed by atoms with Crippen LogP contribution < -0.4 is 14.5 Å². The van der Waals surface area contributed by atoms with Crippen LogP contribution in [0.2, 0.25) is 0 Å². The number of rotatable bonds is 6. The molecular weight excluding hydrogens is 702 g/mol. The first kappa shape index (κ1) is 37.4. The van der Waals surface area contributed by atoms with Gasteiger partial charge in [-0.2, -0.15) is 0 Å². The number of amides is 3. The number of aliphatic hydroxyl groups excluding tert-OH is 1. The Kier molecular flexibility index (Phi) is 10.7. The number of non-ortho nitro benzene ring substituents is 1. The molecule has 276 valence electrons. The van der Waals surface area contributed by atoms with Gasteiger partial charge in [-0.25, -0.2) is 9.69 Å². The van der Waals surface area contributed by atoms with Crippen molar-refractivity contribution < 1.29 is 38.7 Å². The molecule has 1 N–H and O–H groups in total. The van der Waals surface area contributed by atoms with Crippen LogP contribution in [0, 0.1) is 24.0 Å². The van der Waals surface area contributed by atoms with Crippen LogP contribution in [-0.4, -0.2) is 40.1 Å². The van der Waals surface area contributed by atoms with Gasteiger partial charge >= 0.3 is 12.1 Å². The number of esters is 1. The standard InChI is InChI=1S/C22H14N2O6.C21H21NO3/c25-20(14-10-12-15(13-11-14)24(28)29)19-17-8-4-5-9-18(17)23(21(19)26)22(27)30-16-6-2-1-3-7-16;1-13-9-10-14(2)17(11-13)12-19-18-7-5-6-8-20(18)22(21(19)24)15(3)25-16(4)23/h1-13,25H;5-12,15H,1-4H3/b20-19+;19-12-. The zero-order valence-electron chi connectivity index (χ0n) is 30.3. The lowest BCUT2D eigenvalue weighted by atomic mass is 10.00. The molecule has 1 unspecified atom stereocenters. The molecule has 0 fully saturated rings. The van der Waals surface area contributed by atoms with Gasteiger partial charge in [0, 0.05) is 41.3 Å². The number of nitro groups is 1. The van der Waals surface area contributed by atoms with E-state index in [1.54, 1.807) is 61.5 Å². The van der Waals surface area contributed by atoms with Crippen LogP contribution >= 0.6 is 0 Å². The molecule has 0 spiro atoms. The average Bonchev–Trinajstić information content (AvgIpc) is 3.62. The lowest BCUT2D eigenvalue weighted by Gasteiger charge is -2.24. The minimum absolute atomic E-state index is 0.0931. The van der Waals surface area contributed by atoms with Crippen molar-refractivity contribution in [2.45, 2.75) is 33.9 Å². The number of carbonyl (C=O) groups excluding carboxylic acids is 4. The largest absolute Gasteiger partial charge is 0.506 e. The van der Waals surface area contributed by atoms with Gasteiger partial charge in [0.15, 0.2) is 6.23 Å². The third-order valence-electron chi connectivity index (χ3n) is 8.89. The molecule has 2 aliphatic heterocycles. The summed E-state index contributed by atoms with van der Waals surface area (Å²) in [5.41, 5.74) is 6.07. The lowest BCUT2D eigenvalue weighted by Crippen LogP contribution is -2.38. The summed E-state index contributed by atoms with van der Waals surface area (Å²) in [4.78, 5) is 62.8. The van der Waals surface area contributed by atoms with Crippen LogP contribution in [0.25, 0.3) is 23.0 Å². The number of nitro benzene ring substituents is 1. The molecule has 0 aliphatic carbocycles. The highest BCUT2D eigenvalue weighted by Gasteiger charge is 2.40. The SMILES string of the molecule is CC(=O)OC(C)N1C(=O)/C(=C\c2cc(C)ccc2C)c2ccccc21.O=C(Oc1ccccc1)N1C(=O)/C(=C(/O)c2ccc([N+](=O)[O-])cc2)c2ccccc21. The summed E-state index contributed by atoms with van der Waals surface area (Å²) >= 11 is 0.